The van der Waals surface area contributed by atoms with Gasteiger partial charge < -0.3 is 18.9 Å². The van der Waals surface area contributed by atoms with Gasteiger partial charge in [0.2, 0.25) is 11.7 Å². The molecule has 1 aliphatic heterocycles. The summed E-state index contributed by atoms with van der Waals surface area (Å²) >= 11 is 0. The van der Waals surface area contributed by atoms with E-state index in [2.05, 4.69) is 0 Å². The predicted molar refractivity (Wildman–Crippen MR) is 156 cm³/mol. The van der Waals surface area contributed by atoms with Crippen LogP contribution in [-0.4, -0.2) is 50.9 Å². The summed E-state index contributed by atoms with van der Waals surface area (Å²) in [6.07, 6.45) is -0.599. The van der Waals surface area contributed by atoms with Crippen molar-refractivity contribution in [3.8, 4) is 17.2 Å². The van der Waals surface area contributed by atoms with Crippen molar-refractivity contribution in [2.75, 3.05) is 27.9 Å². The lowest BCUT2D eigenvalue weighted by molar-refractivity contribution is -0.129. The summed E-state index contributed by atoms with van der Waals surface area (Å²) in [6.45, 7) is 0.110. The van der Waals surface area contributed by atoms with E-state index in [9.17, 15) is 9.59 Å². The monoisotopic (exact) mass is 551 g/mol. The van der Waals surface area contributed by atoms with E-state index in [0.29, 0.717) is 17.2 Å². The fourth-order valence-corrected chi connectivity index (χ4v) is 5.61. The van der Waals surface area contributed by atoms with Crippen molar-refractivity contribution in [1.82, 2.24) is 4.90 Å². The van der Waals surface area contributed by atoms with E-state index >= 15 is 0 Å². The molecule has 1 heterocycles. The molecule has 210 valence electrons. The van der Waals surface area contributed by atoms with Gasteiger partial charge in [0, 0.05) is 18.3 Å². The number of nitrogens with zero attached hydrogens (tertiary/aromatic N) is 1. The molecular formula is C34H33NO6. The van der Waals surface area contributed by atoms with E-state index < -0.39 is 18.1 Å². The maximum absolute atomic E-state index is 14.2. The lowest BCUT2D eigenvalue weighted by Gasteiger charge is -2.30. The van der Waals surface area contributed by atoms with Crippen LogP contribution in [-0.2, 0) is 9.53 Å². The Bertz CT molecular complexity index is 1410. The van der Waals surface area contributed by atoms with Crippen molar-refractivity contribution >= 4 is 12.0 Å². The number of benzene rings is 4. The zero-order valence-electron chi connectivity index (χ0n) is 23.4. The molecule has 0 spiro atoms. The molecule has 2 amide bonds. The van der Waals surface area contributed by atoms with Gasteiger partial charge >= 0.3 is 6.09 Å². The first-order chi connectivity index (χ1) is 20.0. The summed E-state index contributed by atoms with van der Waals surface area (Å²) in [5, 5.41) is 0. The molecule has 0 saturated carbocycles. The molecule has 0 bridgehead atoms. The molecule has 0 aliphatic carbocycles. The molecule has 0 N–H and O–H groups in total. The molecule has 1 unspecified atom stereocenters. The Morgan fingerprint density at radius 3 is 1.71 bits per heavy atom. The first kappa shape index (κ1) is 27.8. The number of methoxy groups -OCH3 is 3. The van der Waals surface area contributed by atoms with Crippen molar-refractivity contribution in [2.45, 2.75) is 24.3 Å². The molecule has 0 aromatic heterocycles. The summed E-state index contributed by atoms with van der Waals surface area (Å²) < 4.78 is 22.2. The van der Waals surface area contributed by atoms with Crippen LogP contribution in [0.15, 0.2) is 103 Å². The van der Waals surface area contributed by atoms with Gasteiger partial charge in [0.05, 0.1) is 27.4 Å². The molecule has 41 heavy (non-hydrogen) atoms. The van der Waals surface area contributed by atoms with Gasteiger partial charge in [-0.2, -0.15) is 0 Å². The minimum atomic E-state index is -0.631. The molecular weight excluding hydrogens is 518 g/mol. The number of hydrogen-bond donors (Lipinski definition) is 0. The van der Waals surface area contributed by atoms with Crippen LogP contribution in [0.4, 0.5) is 4.79 Å². The molecule has 5 rings (SSSR count). The van der Waals surface area contributed by atoms with Gasteiger partial charge in [0.25, 0.3) is 0 Å². The predicted octanol–water partition coefficient (Wildman–Crippen LogP) is 6.41. The highest BCUT2D eigenvalue weighted by atomic mass is 16.6. The largest absolute Gasteiger partial charge is 0.493 e. The third-order valence-corrected chi connectivity index (χ3v) is 7.55. The molecule has 4 aromatic rings. The Labute approximate surface area is 240 Å². The van der Waals surface area contributed by atoms with Crippen molar-refractivity contribution in [3.63, 3.8) is 0 Å². The van der Waals surface area contributed by atoms with Crippen LogP contribution in [0.25, 0.3) is 0 Å². The van der Waals surface area contributed by atoms with Gasteiger partial charge in [-0.05, 0) is 34.4 Å². The van der Waals surface area contributed by atoms with E-state index in [4.69, 9.17) is 18.9 Å². The lowest BCUT2D eigenvalue weighted by Crippen LogP contribution is -2.43. The van der Waals surface area contributed by atoms with Gasteiger partial charge in [-0.25, -0.2) is 9.69 Å². The fourth-order valence-electron chi connectivity index (χ4n) is 5.61. The number of rotatable bonds is 10. The third kappa shape index (κ3) is 5.75. The highest BCUT2D eigenvalue weighted by molar-refractivity contribution is 5.94. The Morgan fingerprint density at radius 2 is 1.24 bits per heavy atom. The SMILES string of the molecule is COc1cc(C(CC(=O)N2C(=O)OC[C@H]2C(c2ccccc2)c2ccccc2)c2ccccc2)cc(OC)c1OC. The second kappa shape index (κ2) is 12.6. The average Bonchev–Trinajstić information content (AvgIpc) is 3.41. The molecule has 1 saturated heterocycles. The molecule has 7 nitrogen and oxygen atoms in total. The number of carbonyl (C=O) groups is 2. The van der Waals surface area contributed by atoms with E-state index in [1.165, 1.54) is 4.90 Å². The smallest absolute Gasteiger partial charge is 0.417 e. The lowest BCUT2D eigenvalue weighted by atomic mass is 9.84. The van der Waals surface area contributed by atoms with E-state index in [0.717, 1.165) is 22.3 Å². The highest BCUT2D eigenvalue weighted by Gasteiger charge is 2.44. The summed E-state index contributed by atoms with van der Waals surface area (Å²) in [5.74, 6) is 0.483. The van der Waals surface area contributed by atoms with Crippen LogP contribution in [0.5, 0.6) is 17.2 Å². The van der Waals surface area contributed by atoms with Crippen LogP contribution < -0.4 is 14.2 Å². The van der Waals surface area contributed by atoms with Crippen molar-refractivity contribution in [3.05, 3.63) is 125 Å². The number of imide groups is 1. The van der Waals surface area contributed by atoms with Crippen molar-refractivity contribution in [1.29, 1.82) is 0 Å². The normalized spacial score (nSPS) is 15.4. The zero-order chi connectivity index (χ0) is 28.8. The van der Waals surface area contributed by atoms with E-state index in [-0.39, 0.29) is 24.9 Å². The van der Waals surface area contributed by atoms with Gasteiger partial charge in [-0.3, -0.25) is 4.79 Å². The van der Waals surface area contributed by atoms with Gasteiger partial charge in [0.15, 0.2) is 11.5 Å². The van der Waals surface area contributed by atoms with Crippen LogP contribution in [0.2, 0.25) is 0 Å². The maximum atomic E-state index is 14.2. The quantitative estimate of drug-likeness (QED) is 0.227. The second-order valence-corrected chi connectivity index (χ2v) is 9.83. The maximum Gasteiger partial charge on any atom is 0.417 e. The molecule has 7 heteroatoms. The van der Waals surface area contributed by atoms with Crippen LogP contribution in [0.3, 0.4) is 0 Å². The van der Waals surface area contributed by atoms with Gasteiger partial charge in [0.1, 0.15) is 6.61 Å². The first-order valence-electron chi connectivity index (χ1n) is 13.5. The standard InChI is InChI=1S/C34H33NO6/c1-38-29-19-26(20-30(39-2)33(29)40-3)27(23-13-7-4-8-14-23)21-31(36)35-28(22-41-34(35)37)32(24-15-9-5-10-16-24)25-17-11-6-12-18-25/h4-20,27-28,32H,21-22H2,1-3H3/t27?,28-/m0/s1. The zero-order valence-corrected chi connectivity index (χ0v) is 23.4. The molecule has 2 atom stereocenters. The Hall–Kier alpha value is -4.78. The molecule has 1 fully saturated rings. The van der Waals surface area contributed by atoms with Crippen LogP contribution in [0, 0.1) is 0 Å². The Balaban J connectivity index is 1.54. The van der Waals surface area contributed by atoms with Gasteiger partial charge in [-0.15, -0.1) is 0 Å². The summed E-state index contributed by atoms with van der Waals surface area (Å²) in [4.78, 5) is 28.6. The molecule has 1 aliphatic rings. The third-order valence-electron chi connectivity index (χ3n) is 7.55. The van der Waals surface area contributed by atoms with Crippen LogP contribution in [0.1, 0.15) is 40.5 Å². The highest BCUT2D eigenvalue weighted by Crippen LogP contribution is 2.43. The number of hydrogen-bond acceptors (Lipinski definition) is 6. The molecule has 4 aromatic carbocycles. The minimum Gasteiger partial charge on any atom is -0.493 e. The van der Waals surface area contributed by atoms with Crippen molar-refractivity contribution in [2.24, 2.45) is 0 Å². The Kier molecular flexibility index (Phi) is 8.53. The van der Waals surface area contributed by atoms with Crippen LogP contribution >= 0.6 is 0 Å². The van der Waals surface area contributed by atoms with Gasteiger partial charge in [-0.1, -0.05) is 91.0 Å². The second-order valence-electron chi connectivity index (χ2n) is 9.83. The minimum absolute atomic E-state index is 0.0323. The summed E-state index contributed by atoms with van der Waals surface area (Å²) in [7, 11) is 4.66. The number of ether oxygens (including phenoxy) is 4. The fraction of sp³-hybridized carbons (Fsp3) is 0.235. The summed E-state index contributed by atoms with van der Waals surface area (Å²) in [5.41, 5.74) is 3.72. The Morgan fingerprint density at radius 1 is 0.756 bits per heavy atom. The number of cyclic esters (lactones) is 1. The number of carbonyl (C=O) groups excluding carboxylic acids is 2. The average molecular weight is 552 g/mol. The molecule has 0 radical (unpaired) electrons. The number of amides is 2. The van der Waals surface area contributed by atoms with E-state index in [1.54, 1.807) is 21.3 Å². The van der Waals surface area contributed by atoms with E-state index in [1.807, 2.05) is 103 Å². The first-order valence-corrected chi connectivity index (χ1v) is 13.5. The van der Waals surface area contributed by atoms with Crippen molar-refractivity contribution < 1.29 is 28.5 Å². The topological polar surface area (TPSA) is 74.3 Å². The summed E-state index contributed by atoms with van der Waals surface area (Å²) in [6, 6.07) is 32.8.